The Morgan fingerprint density at radius 3 is 2.00 bits per heavy atom. The maximum Gasteiger partial charge on any atom is -0.00162 e. The van der Waals surface area contributed by atoms with E-state index >= 15 is 0 Å². The van der Waals surface area contributed by atoms with Crippen LogP contribution in [-0.2, 0) is 0 Å². The van der Waals surface area contributed by atoms with Gasteiger partial charge in [0.05, 0.1) is 0 Å². The largest absolute Gasteiger partial charge is 0.304 e. The fourth-order valence-corrected chi connectivity index (χ4v) is 2.21. The number of nitrogens with zero attached hydrogens (tertiary/aromatic N) is 1. The third-order valence-electron chi connectivity index (χ3n) is 2.96. The summed E-state index contributed by atoms with van der Waals surface area (Å²) in [6.07, 6.45) is 4.32. The summed E-state index contributed by atoms with van der Waals surface area (Å²) in [4.78, 5) is 2.57. The van der Waals surface area contributed by atoms with Gasteiger partial charge in [-0.1, -0.05) is 34.6 Å². The minimum atomic E-state index is 0.892. The Morgan fingerprint density at radius 2 is 1.64 bits per heavy atom. The first kappa shape index (κ1) is 14.0. The first-order valence-corrected chi connectivity index (χ1v) is 6.44. The molecule has 0 aromatic carbocycles. The van der Waals surface area contributed by atoms with Crippen molar-refractivity contribution in [2.45, 2.75) is 53.9 Å². The van der Waals surface area contributed by atoms with Crippen molar-refractivity contribution in [2.75, 3.05) is 19.6 Å². The van der Waals surface area contributed by atoms with Gasteiger partial charge in [-0.15, -0.1) is 0 Å². The van der Waals surface area contributed by atoms with E-state index in [2.05, 4.69) is 25.7 Å². The van der Waals surface area contributed by atoms with Crippen molar-refractivity contribution in [3.05, 3.63) is 0 Å². The van der Waals surface area contributed by atoms with Crippen molar-refractivity contribution < 1.29 is 0 Å². The molecule has 1 heterocycles. The normalized spacial score (nSPS) is 19.3. The van der Waals surface area contributed by atoms with Gasteiger partial charge in [0.1, 0.15) is 0 Å². The second kappa shape index (κ2) is 8.28. The molecule has 0 radical (unpaired) electrons. The summed E-state index contributed by atoms with van der Waals surface area (Å²) in [5.74, 6) is 1.91. The van der Waals surface area contributed by atoms with E-state index in [-0.39, 0.29) is 0 Å². The summed E-state index contributed by atoms with van der Waals surface area (Å²) in [7, 11) is 0. The molecular weight excluding hydrogens is 170 g/mol. The SMILES string of the molecule is CC.CCN1CCC(CC(C)C)CC1. The molecule has 0 aromatic heterocycles. The number of hydrogen-bond acceptors (Lipinski definition) is 1. The first-order valence-electron chi connectivity index (χ1n) is 6.44. The predicted molar refractivity (Wildman–Crippen MR) is 65.6 cm³/mol. The Labute approximate surface area is 90.9 Å². The average Bonchev–Trinajstić information content (AvgIpc) is 2.21. The minimum absolute atomic E-state index is 0.892. The molecule has 1 heteroatoms. The van der Waals surface area contributed by atoms with Gasteiger partial charge in [-0.25, -0.2) is 0 Å². The Bertz CT molecular complexity index is 112. The third kappa shape index (κ3) is 5.64. The summed E-state index contributed by atoms with van der Waals surface area (Å²) >= 11 is 0. The van der Waals surface area contributed by atoms with Crippen LogP contribution in [0.1, 0.15) is 53.9 Å². The van der Waals surface area contributed by atoms with Gasteiger partial charge in [0.25, 0.3) is 0 Å². The zero-order chi connectivity index (χ0) is 11.0. The average molecular weight is 199 g/mol. The van der Waals surface area contributed by atoms with Crippen LogP contribution in [0.25, 0.3) is 0 Å². The van der Waals surface area contributed by atoms with E-state index in [1.165, 1.54) is 38.9 Å². The highest BCUT2D eigenvalue weighted by atomic mass is 15.1. The van der Waals surface area contributed by atoms with Gasteiger partial charge in [0.15, 0.2) is 0 Å². The molecule has 0 aliphatic carbocycles. The Hall–Kier alpha value is -0.0400. The topological polar surface area (TPSA) is 3.24 Å². The molecule has 0 spiro atoms. The standard InChI is InChI=1S/C11H23N.C2H6/c1-4-12-7-5-11(6-8-12)9-10(2)3;1-2/h10-11H,4-9H2,1-3H3;1-2H3. The van der Waals surface area contributed by atoms with Gasteiger partial charge >= 0.3 is 0 Å². The van der Waals surface area contributed by atoms with Gasteiger partial charge in [-0.05, 0) is 50.7 Å². The smallest absolute Gasteiger partial charge is 0.00162 e. The Balaban J connectivity index is 0.000000791. The third-order valence-corrected chi connectivity index (χ3v) is 2.96. The highest BCUT2D eigenvalue weighted by Gasteiger charge is 2.18. The molecule has 0 N–H and O–H groups in total. The van der Waals surface area contributed by atoms with Crippen molar-refractivity contribution in [1.82, 2.24) is 4.90 Å². The molecule has 0 saturated carbocycles. The quantitative estimate of drug-likeness (QED) is 0.668. The van der Waals surface area contributed by atoms with Crippen LogP contribution in [0.3, 0.4) is 0 Å². The molecule has 86 valence electrons. The molecule has 0 aromatic rings. The second-order valence-corrected chi connectivity index (χ2v) is 4.51. The fourth-order valence-electron chi connectivity index (χ4n) is 2.21. The Morgan fingerprint density at radius 1 is 1.14 bits per heavy atom. The lowest BCUT2D eigenvalue weighted by atomic mass is 9.89. The molecule has 1 fully saturated rings. The number of hydrogen-bond donors (Lipinski definition) is 0. The van der Waals surface area contributed by atoms with Crippen LogP contribution in [0.15, 0.2) is 0 Å². The molecule has 0 amide bonds. The molecule has 1 nitrogen and oxygen atoms in total. The molecule has 1 saturated heterocycles. The van der Waals surface area contributed by atoms with Crippen molar-refractivity contribution in [2.24, 2.45) is 11.8 Å². The van der Waals surface area contributed by atoms with Gasteiger partial charge in [-0.3, -0.25) is 0 Å². The zero-order valence-electron chi connectivity index (χ0n) is 10.8. The van der Waals surface area contributed by atoms with Crippen molar-refractivity contribution in [1.29, 1.82) is 0 Å². The maximum absolute atomic E-state index is 2.57. The Kier molecular flexibility index (Phi) is 8.26. The van der Waals surface area contributed by atoms with Crippen LogP contribution in [0.4, 0.5) is 0 Å². The number of rotatable bonds is 3. The van der Waals surface area contributed by atoms with E-state index in [1.807, 2.05) is 13.8 Å². The van der Waals surface area contributed by atoms with E-state index in [9.17, 15) is 0 Å². The van der Waals surface area contributed by atoms with Gasteiger partial charge < -0.3 is 4.90 Å². The highest BCUT2D eigenvalue weighted by molar-refractivity contribution is 4.72. The van der Waals surface area contributed by atoms with Gasteiger partial charge in [0.2, 0.25) is 0 Å². The van der Waals surface area contributed by atoms with Gasteiger partial charge in [0, 0.05) is 0 Å². The minimum Gasteiger partial charge on any atom is -0.304 e. The van der Waals surface area contributed by atoms with E-state index in [4.69, 9.17) is 0 Å². The van der Waals surface area contributed by atoms with Crippen LogP contribution in [0.2, 0.25) is 0 Å². The molecule has 0 unspecified atom stereocenters. The van der Waals surface area contributed by atoms with Crippen molar-refractivity contribution >= 4 is 0 Å². The zero-order valence-corrected chi connectivity index (χ0v) is 10.8. The first-order chi connectivity index (χ1) is 6.72. The van der Waals surface area contributed by atoms with E-state index in [0.717, 1.165) is 11.8 Å². The lowest BCUT2D eigenvalue weighted by Gasteiger charge is -2.31. The van der Waals surface area contributed by atoms with E-state index in [1.54, 1.807) is 0 Å². The maximum atomic E-state index is 2.57. The molecule has 0 bridgehead atoms. The summed E-state index contributed by atoms with van der Waals surface area (Å²) in [6.45, 7) is 14.9. The van der Waals surface area contributed by atoms with E-state index in [0.29, 0.717) is 0 Å². The van der Waals surface area contributed by atoms with Crippen molar-refractivity contribution in [3.63, 3.8) is 0 Å². The molecule has 1 rings (SSSR count). The van der Waals surface area contributed by atoms with Crippen LogP contribution in [-0.4, -0.2) is 24.5 Å². The fraction of sp³-hybridized carbons (Fsp3) is 1.00. The van der Waals surface area contributed by atoms with Crippen LogP contribution in [0.5, 0.6) is 0 Å². The summed E-state index contributed by atoms with van der Waals surface area (Å²) in [6, 6.07) is 0. The monoisotopic (exact) mass is 199 g/mol. The highest BCUT2D eigenvalue weighted by Crippen LogP contribution is 2.23. The van der Waals surface area contributed by atoms with Crippen LogP contribution >= 0.6 is 0 Å². The number of likely N-dealkylation sites (tertiary alicyclic amines) is 1. The summed E-state index contributed by atoms with van der Waals surface area (Å²) in [5, 5.41) is 0. The lowest BCUT2D eigenvalue weighted by Crippen LogP contribution is -2.33. The molecule has 14 heavy (non-hydrogen) atoms. The summed E-state index contributed by atoms with van der Waals surface area (Å²) in [5.41, 5.74) is 0. The number of piperidine rings is 1. The molecule has 1 aliphatic rings. The predicted octanol–water partition coefficient (Wildman–Crippen LogP) is 3.79. The van der Waals surface area contributed by atoms with Crippen LogP contribution in [0, 0.1) is 11.8 Å². The molecule has 0 atom stereocenters. The van der Waals surface area contributed by atoms with Gasteiger partial charge in [-0.2, -0.15) is 0 Å². The molecule has 1 aliphatic heterocycles. The van der Waals surface area contributed by atoms with Crippen LogP contribution < -0.4 is 0 Å². The molecular formula is C13H29N. The lowest BCUT2D eigenvalue weighted by molar-refractivity contribution is 0.178. The van der Waals surface area contributed by atoms with E-state index < -0.39 is 0 Å². The summed E-state index contributed by atoms with van der Waals surface area (Å²) < 4.78 is 0. The van der Waals surface area contributed by atoms with Crippen molar-refractivity contribution in [3.8, 4) is 0 Å². The second-order valence-electron chi connectivity index (χ2n) is 4.51.